The molecule has 22 heavy (non-hydrogen) atoms. The van der Waals surface area contributed by atoms with Gasteiger partial charge < -0.3 is 10.0 Å². The van der Waals surface area contributed by atoms with Gasteiger partial charge in [0.1, 0.15) is 12.0 Å². The first-order chi connectivity index (χ1) is 10.2. The predicted molar refractivity (Wildman–Crippen MR) is 85.4 cm³/mol. The second-order valence-electron chi connectivity index (χ2n) is 6.35. The Balaban J connectivity index is 2.10. The maximum absolute atomic E-state index is 10.7. The molecule has 122 valence electrons. The summed E-state index contributed by atoms with van der Waals surface area (Å²) < 4.78 is 0. The number of hydrogen-bond donors (Lipinski definition) is 1. The molecular formula is C14H21ClN4O3. The molecule has 1 aromatic rings. The molecule has 2 heterocycles. The van der Waals surface area contributed by atoms with Crippen molar-refractivity contribution in [1.82, 2.24) is 9.88 Å². The van der Waals surface area contributed by atoms with Gasteiger partial charge in [0, 0.05) is 38.3 Å². The highest BCUT2D eigenvalue weighted by molar-refractivity contribution is 6.33. The van der Waals surface area contributed by atoms with Crippen molar-refractivity contribution in [3.05, 3.63) is 27.4 Å². The van der Waals surface area contributed by atoms with Crippen LogP contribution in [0.4, 0.5) is 11.5 Å². The Morgan fingerprint density at radius 3 is 2.73 bits per heavy atom. The van der Waals surface area contributed by atoms with Crippen LogP contribution < -0.4 is 4.90 Å². The van der Waals surface area contributed by atoms with Crippen LogP contribution >= 0.6 is 11.6 Å². The number of anilines is 1. The molecule has 1 saturated heterocycles. The summed E-state index contributed by atoms with van der Waals surface area (Å²) in [5, 5.41) is 20.9. The molecule has 2 rings (SSSR count). The lowest BCUT2D eigenvalue weighted by Crippen LogP contribution is -2.55. The fourth-order valence-corrected chi connectivity index (χ4v) is 3.04. The van der Waals surface area contributed by atoms with Crippen molar-refractivity contribution in [2.75, 3.05) is 31.1 Å². The molecule has 0 spiro atoms. The van der Waals surface area contributed by atoms with E-state index in [9.17, 15) is 15.2 Å². The van der Waals surface area contributed by atoms with Gasteiger partial charge in [-0.05, 0) is 20.8 Å². The number of hydrogen-bond acceptors (Lipinski definition) is 6. The number of aromatic nitrogens is 1. The number of β-amino-alcohol motifs (C(OH)–C–C–N with tert-alkyl or cyclic N) is 1. The average Bonchev–Trinajstić information content (AvgIpc) is 2.37. The van der Waals surface area contributed by atoms with E-state index >= 15 is 0 Å². The first kappa shape index (κ1) is 16.9. The Morgan fingerprint density at radius 2 is 2.23 bits per heavy atom. The number of nitro groups is 1. The molecule has 0 aliphatic carbocycles. The number of nitrogens with zero attached hydrogens (tertiary/aromatic N) is 4. The summed E-state index contributed by atoms with van der Waals surface area (Å²) in [5.74, 6) is 0.572. The highest BCUT2D eigenvalue weighted by Crippen LogP contribution is 2.29. The molecule has 7 nitrogen and oxygen atoms in total. The van der Waals surface area contributed by atoms with E-state index in [4.69, 9.17) is 11.6 Å². The molecule has 1 aromatic heterocycles. The summed E-state index contributed by atoms with van der Waals surface area (Å²) in [5.41, 5.74) is -0.840. The summed E-state index contributed by atoms with van der Waals surface area (Å²) >= 11 is 6.15. The Hall–Kier alpha value is -1.44. The molecule has 0 amide bonds. The molecule has 1 atom stereocenters. The fourth-order valence-electron chi connectivity index (χ4n) is 2.77. The van der Waals surface area contributed by atoms with Crippen molar-refractivity contribution in [3.63, 3.8) is 0 Å². The number of pyridine rings is 1. The van der Waals surface area contributed by atoms with Crippen molar-refractivity contribution >= 4 is 23.1 Å². The lowest BCUT2D eigenvalue weighted by atomic mass is 10.1. The third kappa shape index (κ3) is 4.06. The Bertz CT molecular complexity index is 562. The second-order valence-corrected chi connectivity index (χ2v) is 6.75. The van der Waals surface area contributed by atoms with Gasteiger partial charge in [-0.2, -0.15) is 0 Å². The third-order valence-corrected chi connectivity index (χ3v) is 3.89. The van der Waals surface area contributed by atoms with Gasteiger partial charge in [0.05, 0.1) is 15.5 Å². The van der Waals surface area contributed by atoms with Crippen LogP contribution in [0.5, 0.6) is 0 Å². The smallest absolute Gasteiger partial charge is 0.289 e. The van der Waals surface area contributed by atoms with Gasteiger partial charge in [-0.15, -0.1) is 0 Å². The van der Waals surface area contributed by atoms with Crippen molar-refractivity contribution in [2.45, 2.75) is 32.4 Å². The summed E-state index contributed by atoms with van der Waals surface area (Å²) in [7, 11) is 0. The normalized spacial score (nSPS) is 20.2. The number of halogens is 1. The fraction of sp³-hybridized carbons (Fsp3) is 0.643. The van der Waals surface area contributed by atoms with E-state index in [0.29, 0.717) is 18.9 Å². The average molecular weight is 329 g/mol. The zero-order valence-corrected chi connectivity index (χ0v) is 13.7. The van der Waals surface area contributed by atoms with Gasteiger partial charge in [0.15, 0.2) is 0 Å². The van der Waals surface area contributed by atoms with E-state index in [1.54, 1.807) is 13.8 Å². The molecule has 1 aliphatic rings. The van der Waals surface area contributed by atoms with E-state index in [-0.39, 0.29) is 16.8 Å². The van der Waals surface area contributed by atoms with Crippen LogP contribution in [0, 0.1) is 10.1 Å². The van der Waals surface area contributed by atoms with Crippen molar-refractivity contribution in [3.8, 4) is 0 Å². The molecular weight excluding hydrogens is 308 g/mol. The van der Waals surface area contributed by atoms with Crippen molar-refractivity contribution in [1.29, 1.82) is 0 Å². The topological polar surface area (TPSA) is 82.7 Å². The van der Waals surface area contributed by atoms with Gasteiger partial charge in [0.25, 0.3) is 5.69 Å². The van der Waals surface area contributed by atoms with Gasteiger partial charge in [0.2, 0.25) is 0 Å². The second kappa shape index (κ2) is 6.36. The first-order valence-electron chi connectivity index (χ1n) is 7.19. The number of rotatable bonds is 4. The molecule has 1 N–H and O–H groups in total. The summed E-state index contributed by atoms with van der Waals surface area (Å²) in [4.78, 5) is 18.6. The van der Waals surface area contributed by atoms with Crippen molar-refractivity contribution in [2.24, 2.45) is 0 Å². The number of piperazine rings is 1. The zero-order valence-electron chi connectivity index (χ0n) is 13.0. The number of aliphatic hydroxyl groups is 1. The van der Waals surface area contributed by atoms with E-state index in [2.05, 4.69) is 16.8 Å². The van der Waals surface area contributed by atoms with Crippen LogP contribution in [-0.4, -0.2) is 57.7 Å². The lowest BCUT2D eigenvalue weighted by Gasteiger charge is -2.42. The minimum absolute atomic E-state index is 0.109. The Morgan fingerprint density at radius 1 is 1.55 bits per heavy atom. The molecule has 0 bridgehead atoms. The van der Waals surface area contributed by atoms with Crippen LogP contribution in [0.25, 0.3) is 0 Å². The maximum atomic E-state index is 10.7. The summed E-state index contributed by atoms with van der Waals surface area (Å²) in [6.07, 6.45) is 1.23. The largest absolute Gasteiger partial charge is 0.389 e. The lowest BCUT2D eigenvalue weighted by molar-refractivity contribution is -0.385. The van der Waals surface area contributed by atoms with Crippen LogP contribution in [0.2, 0.25) is 5.02 Å². The van der Waals surface area contributed by atoms with Crippen LogP contribution in [0.15, 0.2) is 12.3 Å². The van der Waals surface area contributed by atoms with Gasteiger partial charge in [-0.1, -0.05) is 11.6 Å². The SMILES string of the molecule is CC1CN(CC(C)(C)O)CCN1c1ncc([N+](=O)[O-])cc1Cl. The molecule has 0 saturated carbocycles. The third-order valence-electron chi connectivity index (χ3n) is 3.61. The zero-order chi connectivity index (χ0) is 16.5. The summed E-state index contributed by atoms with van der Waals surface area (Å²) in [6, 6.07) is 1.49. The molecule has 1 unspecified atom stereocenters. The summed E-state index contributed by atoms with van der Waals surface area (Å²) in [6.45, 7) is 8.50. The molecule has 1 aliphatic heterocycles. The minimum Gasteiger partial charge on any atom is -0.389 e. The Labute approximate surface area is 134 Å². The van der Waals surface area contributed by atoms with E-state index in [1.165, 1.54) is 12.3 Å². The van der Waals surface area contributed by atoms with E-state index in [0.717, 1.165) is 13.1 Å². The van der Waals surface area contributed by atoms with E-state index in [1.807, 2.05) is 4.90 Å². The molecule has 0 radical (unpaired) electrons. The minimum atomic E-state index is -0.731. The Kier molecular flexibility index (Phi) is 4.89. The first-order valence-corrected chi connectivity index (χ1v) is 7.56. The van der Waals surface area contributed by atoms with E-state index < -0.39 is 10.5 Å². The maximum Gasteiger partial charge on any atom is 0.289 e. The quantitative estimate of drug-likeness (QED) is 0.671. The van der Waals surface area contributed by atoms with Crippen molar-refractivity contribution < 1.29 is 10.0 Å². The van der Waals surface area contributed by atoms with Gasteiger partial charge in [-0.3, -0.25) is 15.0 Å². The van der Waals surface area contributed by atoms with Crippen LogP contribution in [-0.2, 0) is 0 Å². The monoisotopic (exact) mass is 328 g/mol. The standard InChI is InChI=1S/C14H21ClN4O3/c1-10-8-17(9-14(2,3)20)4-5-18(10)13-12(15)6-11(7-16-13)19(21)22/h6-7,10,20H,4-5,8-9H2,1-3H3. The highest BCUT2D eigenvalue weighted by atomic mass is 35.5. The van der Waals surface area contributed by atoms with Crippen LogP contribution in [0.3, 0.4) is 0 Å². The molecule has 1 fully saturated rings. The molecule has 0 aromatic carbocycles. The van der Waals surface area contributed by atoms with Gasteiger partial charge in [-0.25, -0.2) is 4.98 Å². The highest BCUT2D eigenvalue weighted by Gasteiger charge is 2.29. The van der Waals surface area contributed by atoms with Gasteiger partial charge >= 0.3 is 0 Å². The van der Waals surface area contributed by atoms with Crippen LogP contribution in [0.1, 0.15) is 20.8 Å². The molecule has 8 heteroatoms. The predicted octanol–water partition coefficient (Wildman–Crippen LogP) is 1.92.